The average Bonchev–Trinajstić information content (AvgIpc) is 3.42. The van der Waals surface area contributed by atoms with Crippen LogP contribution in [-0.4, -0.2) is 40.6 Å². The number of methoxy groups -OCH3 is 1. The number of nitrogens with one attached hydrogen (secondary N) is 2. The van der Waals surface area contributed by atoms with Gasteiger partial charge in [0.05, 0.1) is 24.6 Å². The van der Waals surface area contributed by atoms with Gasteiger partial charge in [-0.2, -0.15) is 0 Å². The molecule has 0 bridgehead atoms. The molecule has 2 aromatic carbocycles. The molecule has 1 aliphatic rings. The third-order valence-electron chi connectivity index (χ3n) is 6.54. The molecule has 3 N–H and O–H groups in total. The van der Waals surface area contributed by atoms with Crippen molar-refractivity contribution in [3.63, 3.8) is 0 Å². The SMILES string of the molecule is COc1cc2c(cc1Oc1ccc(-c3ccc(C(=O)O)cc3F)nc1)[C@@](C)(CC(=O)Nc1nccs1)NCC2. The number of pyridine rings is 1. The minimum Gasteiger partial charge on any atom is -0.493 e. The highest BCUT2D eigenvalue weighted by Gasteiger charge is 2.35. The first-order valence-electron chi connectivity index (χ1n) is 12.1. The standard InChI is InChI=1S/C28H25FN4O5S/c1-28(14-25(34)33-27-30-9-10-39-27)20-13-24(23(37-2)12-16(20)7-8-32-28)38-18-4-6-22(31-15-18)19-5-3-17(26(35)36)11-21(19)29/h3-6,9-13,15,32H,7-8,14H2,1-2H3,(H,35,36)(H,30,33,34)/t28-/m1/s1. The van der Waals surface area contributed by atoms with E-state index in [1.807, 2.05) is 19.1 Å². The van der Waals surface area contributed by atoms with Gasteiger partial charge in [-0.05, 0) is 66.9 Å². The maximum absolute atomic E-state index is 14.5. The molecule has 11 heteroatoms. The summed E-state index contributed by atoms with van der Waals surface area (Å²) in [5.41, 5.74) is 1.69. The van der Waals surface area contributed by atoms with E-state index in [0.717, 1.165) is 23.6 Å². The van der Waals surface area contributed by atoms with Crippen LogP contribution in [0.4, 0.5) is 9.52 Å². The predicted octanol–water partition coefficient (Wildman–Crippen LogP) is 5.23. The Morgan fingerprint density at radius 3 is 2.69 bits per heavy atom. The number of carbonyl (C=O) groups excluding carboxylic acids is 1. The number of carboxylic acid groups (broad SMARTS) is 1. The number of ether oxygens (including phenoxy) is 2. The number of benzene rings is 2. The lowest BCUT2D eigenvalue weighted by Gasteiger charge is -2.37. The van der Waals surface area contributed by atoms with Gasteiger partial charge in [-0.1, -0.05) is 0 Å². The van der Waals surface area contributed by atoms with Gasteiger partial charge < -0.3 is 25.2 Å². The maximum atomic E-state index is 14.5. The first-order valence-corrected chi connectivity index (χ1v) is 13.0. The molecule has 2 aromatic heterocycles. The molecule has 3 heterocycles. The van der Waals surface area contributed by atoms with Crippen molar-refractivity contribution >= 4 is 28.3 Å². The Morgan fingerprint density at radius 2 is 2.03 bits per heavy atom. The molecule has 0 spiro atoms. The van der Waals surface area contributed by atoms with Gasteiger partial charge in [-0.3, -0.25) is 9.78 Å². The highest BCUT2D eigenvalue weighted by Crippen LogP contribution is 2.41. The summed E-state index contributed by atoms with van der Waals surface area (Å²) in [5, 5.41) is 17.7. The molecule has 4 aromatic rings. The van der Waals surface area contributed by atoms with Gasteiger partial charge in [0.25, 0.3) is 0 Å². The van der Waals surface area contributed by atoms with E-state index >= 15 is 0 Å². The third kappa shape index (κ3) is 5.59. The summed E-state index contributed by atoms with van der Waals surface area (Å²) in [5.74, 6) is -0.676. The summed E-state index contributed by atoms with van der Waals surface area (Å²) < 4.78 is 26.2. The van der Waals surface area contributed by atoms with E-state index in [9.17, 15) is 14.0 Å². The van der Waals surface area contributed by atoms with Crippen LogP contribution in [0.5, 0.6) is 17.2 Å². The Balaban J connectivity index is 1.39. The number of anilines is 1. The molecule has 1 atom stereocenters. The Labute approximate surface area is 227 Å². The van der Waals surface area contributed by atoms with Crippen molar-refractivity contribution < 1.29 is 28.6 Å². The third-order valence-corrected chi connectivity index (χ3v) is 7.23. The van der Waals surface area contributed by atoms with Gasteiger partial charge in [0.1, 0.15) is 11.6 Å². The van der Waals surface area contributed by atoms with Gasteiger partial charge in [0.15, 0.2) is 16.6 Å². The van der Waals surface area contributed by atoms with Gasteiger partial charge in [-0.25, -0.2) is 14.2 Å². The largest absolute Gasteiger partial charge is 0.493 e. The minimum absolute atomic E-state index is 0.141. The van der Waals surface area contributed by atoms with Gasteiger partial charge in [0, 0.05) is 35.6 Å². The fraction of sp³-hybridized carbons (Fsp3) is 0.214. The van der Waals surface area contributed by atoms with Crippen LogP contribution in [0.15, 0.2) is 60.2 Å². The fourth-order valence-corrected chi connectivity index (χ4v) is 5.19. The summed E-state index contributed by atoms with van der Waals surface area (Å²) in [6.45, 7) is 2.68. The molecule has 0 saturated heterocycles. The van der Waals surface area contributed by atoms with E-state index in [2.05, 4.69) is 20.6 Å². The number of carboxylic acids is 1. The number of hydrogen-bond acceptors (Lipinski definition) is 8. The summed E-state index contributed by atoms with van der Waals surface area (Å²) in [7, 11) is 1.56. The lowest BCUT2D eigenvalue weighted by atomic mass is 9.81. The first kappa shape index (κ1) is 26.3. The van der Waals surface area contributed by atoms with E-state index in [-0.39, 0.29) is 23.5 Å². The summed E-state index contributed by atoms with van der Waals surface area (Å²) in [4.78, 5) is 32.3. The molecule has 5 rings (SSSR count). The number of rotatable bonds is 8. The number of fused-ring (bicyclic) bond motifs is 1. The van der Waals surface area contributed by atoms with Crippen LogP contribution in [0.3, 0.4) is 0 Å². The number of amides is 1. The number of aromatic carboxylic acids is 1. The van der Waals surface area contributed by atoms with Crippen molar-refractivity contribution in [3.05, 3.63) is 82.7 Å². The maximum Gasteiger partial charge on any atom is 0.335 e. The predicted molar refractivity (Wildman–Crippen MR) is 144 cm³/mol. The van der Waals surface area contributed by atoms with E-state index in [0.29, 0.717) is 34.6 Å². The zero-order chi connectivity index (χ0) is 27.6. The van der Waals surface area contributed by atoms with E-state index in [4.69, 9.17) is 14.6 Å². The Morgan fingerprint density at radius 1 is 1.18 bits per heavy atom. The molecule has 1 amide bonds. The summed E-state index contributed by atoms with van der Waals surface area (Å²) >= 11 is 1.36. The van der Waals surface area contributed by atoms with Gasteiger partial charge in [0.2, 0.25) is 5.91 Å². The molecule has 39 heavy (non-hydrogen) atoms. The molecular formula is C28H25FN4O5S. The molecule has 0 unspecified atom stereocenters. The second-order valence-electron chi connectivity index (χ2n) is 9.21. The monoisotopic (exact) mass is 548 g/mol. The van der Waals surface area contributed by atoms with Crippen molar-refractivity contribution in [2.45, 2.75) is 25.3 Å². The molecule has 0 fully saturated rings. The average molecular weight is 549 g/mol. The second kappa shape index (κ2) is 10.8. The number of aromatic nitrogens is 2. The van der Waals surface area contributed by atoms with Crippen molar-refractivity contribution in [1.82, 2.24) is 15.3 Å². The quantitative estimate of drug-likeness (QED) is 0.274. The van der Waals surface area contributed by atoms with Crippen molar-refractivity contribution in [3.8, 4) is 28.5 Å². The van der Waals surface area contributed by atoms with Crippen LogP contribution >= 0.6 is 11.3 Å². The molecule has 200 valence electrons. The molecule has 0 saturated carbocycles. The topological polar surface area (TPSA) is 123 Å². The molecule has 0 radical (unpaired) electrons. The van der Waals surface area contributed by atoms with E-state index < -0.39 is 17.3 Å². The Bertz CT molecular complexity index is 1530. The van der Waals surface area contributed by atoms with E-state index in [1.54, 1.807) is 30.8 Å². The number of carbonyl (C=O) groups is 2. The van der Waals surface area contributed by atoms with Crippen LogP contribution in [0.2, 0.25) is 0 Å². The highest BCUT2D eigenvalue weighted by atomic mass is 32.1. The molecular weight excluding hydrogens is 523 g/mol. The van der Waals surface area contributed by atoms with Gasteiger partial charge >= 0.3 is 5.97 Å². The number of thiazole rings is 1. The summed E-state index contributed by atoms with van der Waals surface area (Å²) in [6, 6.07) is 10.7. The summed E-state index contributed by atoms with van der Waals surface area (Å²) in [6.07, 6.45) is 4.04. The lowest BCUT2D eigenvalue weighted by molar-refractivity contribution is -0.117. The second-order valence-corrected chi connectivity index (χ2v) is 10.1. The van der Waals surface area contributed by atoms with Crippen LogP contribution in [0.1, 0.15) is 34.8 Å². The number of hydrogen-bond donors (Lipinski definition) is 3. The fourth-order valence-electron chi connectivity index (χ4n) is 4.64. The molecule has 9 nitrogen and oxygen atoms in total. The smallest absolute Gasteiger partial charge is 0.335 e. The van der Waals surface area contributed by atoms with Crippen molar-refractivity contribution in [2.75, 3.05) is 19.0 Å². The highest BCUT2D eigenvalue weighted by molar-refractivity contribution is 7.13. The molecule has 1 aliphatic heterocycles. The molecule has 0 aliphatic carbocycles. The first-order chi connectivity index (χ1) is 18.8. The van der Waals surface area contributed by atoms with Crippen molar-refractivity contribution in [1.29, 1.82) is 0 Å². The van der Waals surface area contributed by atoms with E-state index in [1.165, 1.54) is 29.7 Å². The van der Waals surface area contributed by atoms with Crippen LogP contribution < -0.4 is 20.1 Å². The van der Waals surface area contributed by atoms with Crippen molar-refractivity contribution in [2.24, 2.45) is 0 Å². The van der Waals surface area contributed by atoms with Crippen LogP contribution in [-0.2, 0) is 16.8 Å². The zero-order valence-electron chi connectivity index (χ0n) is 21.2. The minimum atomic E-state index is -1.21. The lowest BCUT2D eigenvalue weighted by Crippen LogP contribution is -2.47. The normalized spacial score (nSPS) is 16.3. The zero-order valence-corrected chi connectivity index (χ0v) is 22.0. The Kier molecular flexibility index (Phi) is 7.27. The Hall–Kier alpha value is -4.35. The number of halogens is 1. The number of nitrogens with zero attached hydrogens (tertiary/aromatic N) is 2. The van der Waals surface area contributed by atoms with Crippen LogP contribution in [0.25, 0.3) is 11.3 Å². The van der Waals surface area contributed by atoms with Gasteiger partial charge in [-0.15, -0.1) is 11.3 Å². The van der Waals surface area contributed by atoms with Crippen LogP contribution in [0, 0.1) is 5.82 Å².